The van der Waals surface area contributed by atoms with Gasteiger partial charge in [-0.25, -0.2) is 0 Å². The van der Waals surface area contributed by atoms with Crippen LogP contribution in [-0.4, -0.2) is 37.1 Å². The molecule has 0 spiro atoms. The van der Waals surface area contributed by atoms with Crippen molar-refractivity contribution in [2.75, 3.05) is 19.1 Å². The van der Waals surface area contributed by atoms with Gasteiger partial charge in [0.1, 0.15) is 11.5 Å². The molecule has 1 heterocycles. The molecule has 0 bridgehead atoms. The Labute approximate surface area is 158 Å². The second-order valence-corrected chi connectivity index (χ2v) is 6.81. The van der Waals surface area contributed by atoms with E-state index < -0.39 is 17.3 Å². The molecule has 6 heteroatoms. The van der Waals surface area contributed by atoms with Crippen molar-refractivity contribution in [1.82, 2.24) is 0 Å². The summed E-state index contributed by atoms with van der Waals surface area (Å²) in [5.74, 6) is -0.0344. The molecule has 0 unspecified atom stereocenters. The highest BCUT2D eigenvalue weighted by Gasteiger charge is 2.51. The van der Waals surface area contributed by atoms with E-state index in [4.69, 9.17) is 9.47 Å². The molecular formula is C21H23NO5. The summed E-state index contributed by atoms with van der Waals surface area (Å²) >= 11 is 0. The molecule has 0 aliphatic carbocycles. The van der Waals surface area contributed by atoms with E-state index in [-0.39, 0.29) is 18.0 Å². The molecule has 27 heavy (non-hydrogen) atoms. The van der Waals surface area contributed by atoms with Crippen LogP contribution in [0.3, 0.4) is 0 Å². The maximum atomic E-state index is 13.0. The summed E-state index contributed by atoms with van der Waals surface area (Å²) in [5, 5.41) is 11.3. The Kier molecular flexibility index (Phi) is 4.93. The largest absolute Gasteiger partial charge is 0.497 e. The quantitative estimate of drug-likeness (QED) is 0.793. The summed E-state index contributed by atoms with van der Waals surface area (Å²) in [6, 6.07) is 11.7. The lowest BCUT2D eigenvalue weighted by molar-refractivity contribution is -0.136. The Morgan fingerprint density at radius 1 is 1.15 bits per heavy atom. The lowest BCUT2D eigenvalue weighted by Crippen LogP contribution is -2.44. The molecule has 1 aliphatic rings. The van der Waals surface area contributed by atoms with Crippen LogP contribution in [0.4, 0.5) is 5.69 Å². The number of carbonyl (C=O) groups excluding carboxylic acids is 2. The topological polar surface area (TPSA) is 76.1 Å². The van der Waals surface area contributed by atoms with Crippen molar-refractivity contribution >= 4 is 17.4 Å². The predicted molar refractivity (Wildman–Crippen MR) is 101 cm³/mol. The molecule has 0 aromatic heterocycles. The first-order chi connectivity index (χ1) is 12.8. The Bertz CT molecular complexity index is 892. The van der Waals surface area contributed by atoms with Crippen LogP contribution in [0.5, 0.6) is 11.5 Å². The van der Waals surface area contributed by atoms with Crippen LogP contribution in [0.15, 0.2) is 42.5 Å². The van der Waals surface area contributed by atoms with Gasteiger partial charge in [-0.2, -0.15) is 0 Å². The molecule has 1 atom stereocenters. The van der Waals surface area contributed by atoms with Crippen LogP contribution in [0.25, 0.3) is 0 Å². The number of ketones is 1. The van der Waals surface area contributed by atoms with Gasteiger partial charge in [-0.3, -0.25) is 9.59 Å². The van der Waals surface area contributed by atoms with Crippen LogP contribution >= 0.6 is 0 Å². The number of fused-ring (bicyclic) bond motifs is 1. The van der Waals surface area contributed by atoms with Crippen molar-refractivity contribution in [2.45, 2.75) is 31.9 Å². The Morgan fingerprint density at radius 3 is 2.48 bits per heavy atom. The number of hydrogen-bond acceptors (Lipinski definition) is 5. The predicted octanol–water partition coefficient (Wildman–Crippen LogP) is 2.92. The zero-order chi connectivity index (χ0) is 19.8. The number of ether oxygens (including phenoxy) is 2. The van der Waals surface area contributed by atoms with E-state index in [1.807, 2.05) is 13.8 Å². The number of rotatable bonds is 6. The molecule has 2 aromatic carbocycles. The van der Waals surface area contributed by atoms with Crippen LogP contribution in [0.2, 0.25) is 0 Å². The minimum atomic E-state index is -1.91. The van der Waals surface area contributed by atoms with Gasteiger partial charge in [-0.05, 0) is 38.1 Å². The van der Waals surface area contributed by atoms with Crippen molar-refractivity contribution < 1.29 is 24.2 Å². The first kappa shape index (κ1) is 18.9. The number of para-hydroxylation sites is 1. The number of anilines is 1. The number of aliphatic hydroxyl groups is 1. The Hall–Kier alpha value is -2.86. The lowest BCUT2D eigenvalue weighted by Gasteiger charge is -2.25. The summed E-state index contributed by atoms with van der Waals surface area (Å²) in [6.07, 6.45) is -0.379. The highest BCUT2D eigenvalue weighted by atomic mass is 16.5. The van der Waals surface area contributed by atoms with E-state index in [1.54, 1.807) is 42.5 Å². The van der Waals surface area contributed by atoms with Crippen molar-refractivity contribution in [3.8, 4) is 11.5 Å². The fourth-order valence-corrected chi connectivity index (χ4v) is 3.50. The Morgan fingerprint density at radius 2 is 1.85 bits per heavy atom. The number of benzene rings is 2. The Balaban J connectivity index is 2.02. The highest BCUT2D eigenvalue weighted by Crippen LogP contribution is 2.44. The summed E-state index contributed by atoms with van der Waals surface area (Å²) < 4.78 is 10.4. The smallest absolute Gasteiger partial charge is 0.264 e. The van der Waals surface area contributed by atoms with Crippen molar-refractivity contribution in [1.29, 1.82) is 0 Å². The highest BCUT2D eigenvalue weighted by molar-refractivity contribution is 6.11. The standard InChI is InChI=1S/C21H23NO5/c1-13(2)22-17-8-6-5-7-16(17)21(25,20(22)24)12-18(23)15-11-14(26-3)9-10-19(15)27-4/h5-11,13,25H,12H2,1-4H3/t21-/m1/s1. The van der Waals surface area contributed by atoms with Gasteiger partial charge in [0.2, 0.25) is 0 Å². The zero-order valence-electron chi connectivity index (χ0n) is 15.9. The normalized spacial score (nSPS) is 18.6. The van der Waals surface area contributed by atoms with Crippen LogP contribution in [0, 0.1) is 0 Å². The number of Topliss-reactive ketones (excluding diaryl/α,β-unsaturated/α-hetero) is 1. The van der Waals surface area contributed by atoms with Crippen LogP contribution < -0.4 is 14.4 Å². The summed E-state index contributed by atoms with van der Waals surface area (Å²) in [6.45, 7) is 3.74. The number of carbonyl (C=O) groups is 2. The first-order valence-electron chi connectivity index (χ1n) is 8.74. The van der Waals surface area contributed by atoms with Crippen molar-refractivity contribution in [3.05, 3.63) is 53.6 Å². The average Bonchev–Trinajstić information content (AvgIpc) is 2.88. The number of methoxy groups -OCH3 is 2. The van der Waals surface area contributed by atoms with Gasteiger partial charge < -0.3 is 19.5 Å². The van der Waals surface area contributed by atoms with E-state index in [0.29, 0.717) is 22.7 Å². The molecule has 3 rings (SSSR count). The minimum Gasteiger partial charge on any atom is -0.497 e. The third-order valence-electron chi connectivity index (χ3n) is 4.82. The molecule has 0 radical (unpaired) electrons. The number of amides is 1. The average molecular weight is 369 g/mol. The number of hydrogen-bond donors (Lipinski definition) is 1. The lowest BCUT2D eigenvalue weighted by atomic mass is 9.88. The fraction of sp³-hybridized carbons (Fsp3) is 0.333. The summed E-state index contributed by atoms with van der Waals surface area (Å²) in [7, 11) is 2.96. The van der Waals surface area contributed by atoms with Crippen LogP contribution in [0.1, 0.15) is 36.2 Å². The summed E-state index contributed by atoms with van der Waals surface area (Å²) in [4.78, 5) is 27.6. The molecular weight excluding hydrogens is 346 g/mol. The monoisotopic (exact) mass is 369 g/mol. The minimum absolute atomic E-state index is 0.144. The summed E-state index contributed by atoms with van der Waals surface area (Å²) in [5.41, 5.74) is -0.575. The molecule has 0 saturated carbocycles. The fourth-order valence-electron chi connectivity index (χ4n) is 3.50. The molecule has 1 N–H and O–H groups in total. The molecule has 0 saturated heterocycles. The van der Waals surface area contributed by atoms with Crippen molar-refractivity contribution in [3.63, 3.8) is 0 Å². The first-order valence-corrected chi connectivity index (χ1v) is 8.74. The number of nitrogens with zero attached hydrogens (tertiary/aromatic N) is 1. The van der Waals surface area contributed by atoms with E-state index in [9.17, 15) is 14.7 Å². The van der Waals surface area contributed by atoms with Gasteiger partial charge in [0.05, 0.1) is 31.9 Å². The van der Waals surface area contributed by atoms with Crippen molar-refractivity contribution in [2.24, 2.45) is 0 Å². The van der Waals surface area contributed by atoms with Gasteiger partial charge in [0.25, 0.3) is 5.91 Å². The SMILES string of the molecule is COc1ccc(OC)c(C(=O)C[C@]2(O)C(=O)N(C(C)C)c3ccccc32)c1. The molecule has 0 fully saturated rings. The van der Waals surface area contributed by atoms with E-state index in [1.165, 1.54) is 19.1 Å². The molecule has 1 aliphatic heterocycles. The molecule has 6 nitrogen and oxygen atoms in total. The van der Waals surface area contributed by atoms with Gasteiger partial charge in [0, 0.05) is 11.6 Å². The maximum absolute atomic E-state index is 13.0. The maximum Gasteiger partial charge on any atom is 0.264 e. The second-order valence-electron chi connectivity index (χ2n) is 6.81. The second kappa shape index (κ2) is 7.04. The van der Waals surface area contributed by atoms with Gasteiger partial charge in [-0.1, -0.05) is 18.2 Å². The molecule has 1 amide bonds. The van der Waals surface area contributed by atoms with E-state index in [0.717, 1.165) is 0 Å². The van der Waals surface area contributed by atoms with Crippen LogP contribution in [-0.2, 0) is 10.4 Å². The molecule has 142 valence electrons. The van der Waals surface area contributed by atoms with E-state index in [2.05, 4.69) is 0 Å². The molecule has 2 aromatic rings. The zero-order valence-corrected chi connectivity index (χ0v) is 15.9. The third kappa shape index (κ3) is 3.06. The van der Waals surface area contributed by atoms with Gasteiger partial charge in [0.15, 0.2) is 11.4 Å². The van der Waals surface area contributed by atoms with Gasteiger partial charge in [-0.15, -0.1) is 0 Å². The third-order valence-corrected chi connectivity index (χ3v) is 4.82. The van der Waals surface area contributed by atoms with E-state index >= 15 is 0 Å². The van der Waals surface area contributed by atoms with Gasteiger partial charge >= 0.3 is 0 Å².